The summed E-state index contributed by atoms with van der Waals surface area (Å²) < 4.78 is 35.9. The fraction of sp³-hybridized carbons (Fsp3) is 1.00. The Morgan fingerprint density at radius 2 is 0.719 bits per heavy atom. The Morgan fingerprint density at radius 3 is 0.938 bits per heavy atom. The molecular weight excluding hydrogens is 444 g/mol. The molecule has 0 spiro atoms. The molecule has 0 aromatic rings. The lowest BCUT2D eigenvalue weighted by molar-refractivity contribution is 0.0663. The van der Waals surface area contributed by atoms with E-state index in [1.165, 1.54) is 0 Å². The average molecular weight is 495 g/mol. The van der Waals surface area contributed by atoms with E-state index < -0.39 is 17.6 Å². The van der Waals surface area contributed by atoms with Crippen LogP contribution in [0.1, 0.15) is 54.4 Å². The van der Waals surface area contributed by atoms with Crippen molar-refractivity contribution in [2.24, 2.45) is 0 Å². The SMILES string of the molecule is CCO[Si](CCCN1CCN(CCC[Si](OCC)(OCC)OCC)CC1)(OCC)OCC. The van der Waals surface area contributed by atoms with Crippen LogP contribution in [0, 0.1) is 0 Å². The lowest BCUT2D eigenvalue weighted by Crippen LogP contribution is -2.49. The van der Waals surface area contributed by atoms with Gasteiger partial charge in [-0.15, -0.1) is 0 Å². The minimum Gasteiger partial charge on any atom is -0.374 e. The van der Waals surface area contributed by atoms with Crippen LogP contribution in [0.25, 0.3) is 0 Å². The van der Waals surface area contributed by atoms with Crippen LogP contribution in [-0.2, 0) is 26.6 Å². The van der Waals surface area contributed by atoms with Gasteiger partial charge in [0.2, 0.25) is 0 Å². The molecule has 8 nitrogen and oxygen atoms in total. The summed E-state index contributed by atoms with van der Waals surface area (Å²) in [7, 11) is -5.04. The first kappa shape index (κ1) is 30.1. The van der Waals surface area contributed by atoms with Crippen molar-refractivity contribution in [2.45, 2.75) is 66.5 Å². The number of rotatable bonds is 20. The van der Waals surface area contributed by atoms with Gasteiger partial charge in [-0.25, -0.2) is 0 Å². The van der Waals surface area contributed by atoms with Gasteiger partial charge < -0.3 is 36.4 Å². The van der Waals surface area contributed by atoms with Crippen molar-refractivity contribution >= 4 is 17.6 Å². The van der Waals surface area contributed by atoms with Crippen LogP contribution in [-0.4, -0.2) is 106 Å². The van der Waals surface area contributed by atoms with Gasteiger partial charge in [0.15, 0.2) is 0 Å². The molecule has 0 aromatic carbocycles. The van der Waals surface area contributed by atoms with Crippen LogP contribution < -0.4 is 0 Å². The van der Waals surface area contributed by atoms with Crippen molar-refractivity contribution in [1.82, 2.24) is 9.80 Å². The quantitative estimate of drug-likeness (QED) is 0.238. The maximum absolute atomic E-state index is 5.98. The van der Waals surface area contributed by atoms with Crippen LogP contribution in [0.2, 0.25) is 12.1 Å². The molecule has 0 N–H and O–H groups in total. The molecule has 10 heteroatoms. The van der Waals surface area contributed by atoms with E-state index in [1.807, 2.05) is 41.5 Å². The van der Waals surface area contributed by atoms with Crippen molar-refractivity contribution in [3.8, 4) is 0 Å². The molecule has 1 fully saturated rings. The molecule has 0 aromatic heterocycles. The molecule has 1 heterocycles. The molecule has 1 aliphatic heterocycles. The van der Waals surface area contributed by atoms with Crippen molar-refractivity contribution in [2.75, 3.05) is 78.9 Å². The predicted molar refractivity (Wildman–Crippen MR) is 133 cm³/mol. The van der Waals surface area contributed by atoms with Gasteiger partial charge in [-0.05, 0) is 67.5 Å². The highest BCUT2D eigenvalue weighted by atomic mass is 28.4. The molecule has 1 saturated heterocycles. The molecule has 0 radical (unpaired) electrons. The Balaban J connectivity index is 2.37. The Hall–Kier alpha value is 0.114. The van der Waals surface area contributed by atoms with Gasteiger partial charge in [0, 0.05) is 77.9 Å². The van der Waals surface area contributed by atoms with E-state index >= 15 is 0 Å². The molecule has 0 aliphatic carbocycles. The lowest BCUT2D eigenvalue weighted by atomic mass is 10.3. The topological polar surface area (TPSA) is 61.9 Å². The van der Waals surface area contributed by atoms with Gasteiger partial charge in [-0.3, -0.25) is 0 Å². The predicted octanol–water partition coefficient (Wildman–Crippen LogP) is 3.48. The second kappa shape index (κ2) is 17.5. The Kier molecular flexibility index (Phi) is 16.5. The van der Waals surface area contributed by atoms with Crippen LogP contribution in [0.4, 0.5) is 0 Å². The van der Waals surface area contributed by atoms with Gasteiger partial charge in [0.05, 0.1) is 0 Å². The molecule has 0 unspecified atom stereocenters. The average Bonchev–Trinajstić information content (AvgIpc) is 2.76. The third-order valence-corrected chi connectivity index (χ3v) is 11.9. The van der Waals surface area contributed by atoms with Crippen molar-refractivity contribution in [3.05, 3.63) is 0 Å². The standard InChI is InChI=1S/C22H50N2O6Si2/c1-7-25-31(26-8-2,27-9-3)21-13-15-23-17-19-24(20-18-23)16-14-22-32(28-10-4,29-11-5)30-12-6/h7-22H2,1-6H3. The summed E-state index contributed by atoms with van der Waals surface area (Å²) in [6.07, 6.45) is 2.11. The van der Waals surface area contributed by atoms with E-state index in [1.54, 1.807) is 0 Å². The molecule has 0 bridgehead atoms. The lowest BCUT2D eigenvalue weighted by Gasteiger charge is -2.36. The van der Waals surface area contributed by atoms with Crippen LogP contribution in [0.3, 0.4) is 0 Å². The van der Waals surface area contributed by atoms with E-state index in [-0.39, 0.29) is 0 Å². The first-order chi connectivity index (χ1) is 15.5. The molecule has 192 valence electrons. The Labute approximate surface area is 199 Å². The van der Waals surface area contributed by atoms with Crippen LogP contribution >= 0.6 is 0 Å². The second-order valence-electron chi connectivity index (χ2n) is 7.85. The van der Waals surface area contributed by atoms with E-state index in [0.717, 1.165) is 64.2 Å². The molecule has 0 saturated carbocycles. The fourth-order valence-electron chi connectivity index (χ4n) is 4.28. The molecule has 0 atom stereocenters. The summed E-state index contributed by atoms with van der Waals surface area (Å²) in [6, 6.07) is 1.78. The zero-order chi connectivity index (χ0) is 23.7. The highest BCUT2D eigenvalue weighted by Gasteiger charge is 2.41. The number of hydrogen-bond acceptors (Lipinski definition) is 8. The fourth-order valence-corrected chi connectivity index (χ4v) is 9.46. The van der Waals surface area contributed by atoms with E-state index in [2.05, 4.69) is 9.80 Å². The normalized spacial score (nSPS) is 16.7. The minimum absolute atomic E-state index is 0.644. The van der Waals surface area contributed by atoms with Crippen molar-refractivity contribution < 1.29 is 26.6 Å². The summed E-state index contributed by atoms with van der Waals surface area (Å²) >= 11 is 0. The molecule has 1 rings (SSSR count). The van der Waals surface area contributed by atoms with E-state index in [9.17, 15) is 0 Å². The van der Waals surface area contributed by atoms with Gasteiger partial charge >= 0.3 is 17.6 Å². The minimum atomic E-state index is -2.52. The summed E-state index contributed by atoms with van der Waals surface area (Å²) in [5.74, 6) is 0. The van der Waals surface area contributed by atoms with Crippen molar-refractivity contribution in [3.63, 3.8) is 0 Å². The molecule has 1 aliphatic rings. The second-order valence-corrected chi connectivity index (χ2v) is 13.3. The van der Waals surface area contributed by atoms with Crippen LogP contribution in [0.15, 0.2) is 0 Å². The summed E-state index contributed by atoms with van der Waals surface area (Å²) in [5.41, 5.74) is 0. The largest absolute Gasteiger partial charge is 0.500 e. The van der Waals surface area contributed by atoms with Gasteiger partial charge in [0.25, 0.3) is 0 Å². The molecule has 32 heavy (non-hydrogen) atoms. The molecule has 0 amide bonds. The van der Waals surface area contributed by atoms with Gasteiger partial charge in [-0.1, -0.05) is 0 Å². The summed E-state index contributed by atoms with van der Waals surface area (Å²) in [4.78, 5) is 5.11. The highest BCUT2D eigenvalue weighted by Crippen LogP contribution is 2.20. The first-order valence-electron chi connectivity index (χ1n) is 12.8. The first-order valence-corrected chi connectivity index (χ1v) is 16.7. The third-order valence-electron chi connectivity index (χ3n) is 5.57. The maximum Gasteiger partial charge on any atom is 0.500 e. The smallest absolute Gasteiger partial charge is 0.374 e. The zero-order valence-corrected chi connectivity index (χ0v) is 23.7. The van der Waals surface area contributed by atoms with Gasteiger partial charge in [0.1, 0.15) is 0 Å². The number of nitrogens with zero attached hydrogens (tertiary/aromatic N) is 2. The van der Waals surface area contributed by atoms with Gasteiger partial charge in [-0.2, -0.15) is 0 Å². The third kappa shape index (κ3) is 11.0. The van der Waals surface area contributed by atoms with Crippen LogP contribution in [0.5, 0.6) is 0 Å². The summed E-state index contributed by atoms with van der Waals surface area (Å²) in [5, 5.41) is 0. The zero-order valence-electron chi connectivity index (χ0n) is 21.7. The summed E-state index contributed by atoms with van der Waals surface area (Å²) in [6.45, 7) is 22.5. The van der Waals surface area contributed by atoms with E-state index in [4.69, 9.17) is 26.6 Å². The van der Waals surface area contributed by atoms with E-state index in [0.29, 0.717) is 39.6 Å². The Bertz CT molecular complexity index is 382. The highest BCUT2D eigenvalue weighted by molar-refractivity contribution is 6.61. The van der Waals surface area contributed by atoms with Crippen molar-refractivity contribution in [1.29, 1.82) is 0 Å². The Morgan fingerprint density at radius 1 is 0.469 bits per heavy atom. The number of hydrogen-bond donors (Lipinski definition) is 0. The number of piperazine rings is 1. The monoisotopic (exact) mass is 494 g/mol. The maximum atomic E-state index is 5.98. The molecular formula is C22H50N2O6Si2.